The number of alkyl halides is 2. The summed E-state index contributed by atoms with van der Waals surface area (Å²) in [5.74, 6) is -2.12. The van der Waals surface area contributed by atoms with Crippen molar-refractivity contribution in [2.24, 2.45) is 0 Å². The molecule has 3 fully saturated rings. The third-order valence-corrected chi connectivity index (χ3v) is 6.71. The predicted molar refractivity (Wildman–Crippen MR) is 90.9 cm³/mol. The van der Waals surface area contributed by atoms with Crippen LogP contribution >= 0.6 is 11.3 Å². The number of rotatable bonds is 5. The molecule has 2 atom stereocenters. The van der Waals surface area contributed by atoms with Crippen LogP contribution in [0.25, 0.3) is 0 Å². The molecule has 1 heterocycles. The highest BCUT2D eigenvalue weighted by Gasteiger charge is 2.41. The van der Waals surface area contributed by atoms with Gasteiger partial charge in [0, 0.05) is 47.1 Å². The highest BCUT2D eigenvalue weighted by atomic mass is 32.1. The van der Waals surface area contributed by atoms with Crippen molar-refractivity contribution in [3.63, 3.8) is 0 Å². The van der Waals surface area contributed by atoms with E-state index in [2.05, 4.69) is 10.6 Å². The van der Waals surface area contributed by atoms with Gasteiger partial charge in [0.1, 0.15) is 0 Å². The van der Waals surface area contributed by atoms with Gasteiger partial charge in [0.15, 0.2) is 0 Å². The number of carbonyl (C=O) groups excluding carboxylic acids is 1. The van der Waals surface area contributed by atoms with E-state index in [0.29, 0.717) is 36.4 Å². The number of thiophene rings is 1. The molecule has 0 spiro atoms. The van der Waals surface area contributed by atoms with Crippen molar-refractivity contribution in [1.29, 1.82) is 0 Å². The summed E-state index contributed by atoms with van der Waals surface area (Å²) in [5, 5.41) is 8.52. The molecular formula is C18H24F2N2OS. The zero-order valence-corrected chi connectivity index (χ0v) is 14.5. The number of halogens is 2. The van der Waals surface area contributed by atoms with Crippen LogP contribution in [0.1, 0.15) is 72.5 Å². The topological polar surface area (TPSA) is 41.1 Å². The van der Waals surface area contributed by atoms with Gasteiger partial charge >= 0.3 is 0 Å². The zero-order chi connectivity index (χ0) is 16.7. The van der Waals surface area contributed by atoms with Gasteiger partial charge in [-0.3, -0.25) is 4.79 Å². The van der Waals surface area contributed by atoms with Gasteiger partial charge < -0.3 is 10.6 Å². The van der Waals surface area contributed by atoms with Crippen LogP contribution in [0.3, 0.4) is 0 Å². The van der Waals surface area contributed by atoms with Crippen LogP contribution in [0, 0.1) is 0 Å². The van der Waals surface area contributed by atoms with Crippen LogP contribution in [-0.2, 0) is 0 Å². The van der Waals surface area contributed by atoms with Gasteiger partial charge in [-0.15, -0.1) is 11.3 Å². The quantitative estimate of drug-likeness (QED) is 0.837. The molecule has 4 rings (SSSR count). The van der Waals surface area contributed by atoms with Crippen molar-refractivity contribution in [3.8, 4) is 0 Å². The summed E-state index contributed by atoms with van der Waals surface area (Å²) in [6.45, 7) is 0. The van der Waals surface area contributed by atoms with Gasteiger partial charge in [0.25, 0.3) is 5.91 Å². The minimum atomic E-state index is -2.55. The molecule has 6 heteroatoms. The van der Waals surface area contributed by atoms with Gasteiger partial charge in [-0.2, -0.15) is 0 Å². The standard InChI is InChI=1S/C18H24F2N2OS/c19-18(20)6-4-13(5-7-18)22-17(23)11-8-16(24-10-11)14-9-15(14)21-12-2-1-3-12/h8,10,12-15,21H,1-7,9H2,(H,22,23). The molecule has 0 saturated heterocycles. The van der Waals surface area contributed by atoms with Gasteiger partial charge in [0.05, 0.1) is 5.56 Å². The van der Waals surface area contributed by atoms with Crippen molar-refractivity contribution >= 4 is 17.2 Å². The molecule has 0 radical (unpaired) electrons. The van der Waals surface area contributed by atoms with Gasteiger partial charge in [-0.1, -0.05) is 6.42 Å². The second-order valence-corrected chi connectivity index (χ2v) is 8.53. The summed E-state index contributed by atoms with van der Waals surface area (Å²) >= 11 is 1.65. The Labute approximate surface area is 145 Å². The lowest BCUT2D eigenvalue weighted by Gasteiger charge is -2.28. The van der Waals surface area contributed by atoms with Crippen LogP contribution in [0.4, 0.5) is 8.78 Å². The summed E-state index contributed by atoms with van der Waals surface area (Å²) in [6.07, 6.45) is 5.58. The first-order chi connectivity index (χ1) is 11.5. The van der Waals surface area contributed by atoms with Crippen LogP contribution < -0.4 is 10.6 Å². The molecule has 2 N–H and O–H groups in total. The highest BCUT2D eigenvalue weighted by molar-refractivity contribution is 7.10. The first kappa shape index (κ1) is 16.5. The third kappa shape index (κ3) is 3.64. The third-order valence-electron chi connectivity index (χ3n) is 5.65. The van der Waals surface area contributed by atoms with Crippen molar-refractivity contribution in [1.82, 2.24) is 10.6 Å². The van der Waals surface area contributed by atoms with Crippen LogP contribution in [0.15, 0.2) is 11.4 Å². The van der Waals surface area contributed by atoms with E-state index in [9.17, 15) is 13.6 Å². The van der Waals surface area contributed by atoms with Gasteiger partial charge in [-0.25, -0.2) is 8.78 Å². The lowest BCUT2D eigenvalue weighted by atomic mass is 9.92. The van der Waals surface area contributed by atoms with E-state index < -0.39 is 5.92 Å². The minimum Gasteiger partial charge on any atom is -0.349 e. The van der Waals surface area contributed by atoms with Crippen LogP contribution in [-0.4, -0.2) is 30.0 Å². The summed E-state index contributed by atoms with van der Waals surface area (Å²) in [5.41, 5.74) is 0.682. The van der Waals surface area contributed by atoms with Crippen molar-refractivity contribution in [2.45, 2.75) is 81.3 Å². The van der Waals surface area contributed by atoms with E-state index in [-0.39, 0.29) is 24.8 Å². The first-order valence-electron chi connectivity index (χ1n) is 9.03. The molecule has 3 saturated carbocycles. The van der Waals surface area contributed by atoms with Crippen LogP contribution in [0.2, 0.25) is 0 Å². The number of nitrogens with one attached hydrogen (secondary N) is 2. The molecule has 0 aromatic carbocycles. The van der Waals surface area contributed by atoms with Gasteiger partial charge in [0.2, 0.25) is 5.92 Å². The Bertz CT molecular complexity index is 604. The second kappa shape index (κ2) is 6.37. The van der Waals surface area contributed by atoms with Crippen molar-refractivity contribution in [2.75, 3.05) is 0 Å². The number of amides is 1. The Kier molecular flexibility index (Phi) is 4.37. The molecule has 3 aliphatic carbocycles. The Balaban J connectivity index is 1.28. The molecule has 1 aromatic rings. The van der Waals surface area contributed by atoms with Crippen molar-refractivity contribution < 1.29 is 13.6 Å². The fraction of sp³-hybridized carbons (Fsp3) is 0.722. The minimum absolute atomic E-state index is 0.114. The maximum absolute atomic E-state index is 13.2. The SMILES string of the molecule is O=C(NC1CCC(F)(F)CC1)c1csc(C2CC2NC2CCC2)c1. The smallest absolute Gasteiger partial charge is 0.252 e. The summed E-state index contributed by atoms with van der Waals surface area (Å²) < 4.78 is 26.4. The molecule has 0 bridgehead atoms. The van der Waals surface area contributed by atoms with Gasteiger partial charge in [-0.05, 0) is 38.2 Å². The lowest BCUT2D eigenvalue weighted by Crippen LogP contribution is -2.40. The number of carbonyl (C=O) groups is 1. The number of hydrogen-bond acceptors (Lipinski definition) is 3. The lowest BCUT2D eigenvalue weighted by molar-refractivity contribution is -0.0399. The van der Waals surface area contributed by atoms with E-state index >= 15 is 0 Å². The normalized spacial score (nSPS) is 29.9. The fourth-order valence-electron chi connectivity index (χ4n) is 3.69. The average Bonchev–Trinajstić information content (AvgIpc) is 3.09. The van der Waals surface area contributed by atoms with Crippen molar-refractivity contribution in [3.05, 3.63) is 21.9 Å². The number of hydrogen-bond donors (Lipinski definition) is 2. The molecule has 24 heavy (non-hydrogen) atoms. The molecule has 1 amide bonds. The largest absolute Gasteiger partial charge is 0.349 e. The van der Waals surface area contributed by atoms with E-state index in [4.69, 9.17) is 0 Å². The maximum Gasteiger partial charge on any atom is 0.252 e. The fourth-order valence-corrected chi connectivity index (χ4v) is 4.76. The second-order valence-electron chi connectivity index (χ2n) is 7.58. The van der Waals surface area contributed by atoms with E-state index in [1.165, 1.54) is 24.1 Å². The average molecular weight is 354 g/mol. The molecule has 1 aromatic heterocycles. The van der Waals surface area contributed by atoms with E-state index in [0.717, 1.165) is 6.42 Å². The Morgan fingerprint density at radius 3 is 2.58 bits per heavy atom. The van der Waals surface area contributed by atoms with E-state index in [1.54, 1.807) is 11.3 Å². The highest BCUT2D eigenvalue weighted by Crippen LogP contribution is 2.44. The van der Waals surface area contributed by atoms with Crippen LogP contribution in [0.5, 0.6) is 0 Å². The van der Waals surface area contributed by atoms with E-state index in [1.807, 2.05) is 11.4 Å². The first-order valence-corrected chi connectivity index (χ1v) is 9.91. The molecule has 3 aliphatic rings. The zero-order valence-electron chi connectivity index (χ0n) is 13.7. The Hall–Kier alpha value is -1.01. The molecular weight excluding hydrogens is 330 g/mol. The monoisotopic (exact) mass is 354 g/mol. The molecule has 0 aliphatic heterocycles. The summed E-state index contributed by atoms with van der Waals surface area (Å²) in [4.78, 5) is 13.6. The maximum atomic E-state index is 13.2. The Morgan fingerprint density at radius 1 is 1.17 bits per heavy atom. The Morgan fingerprint density at radius 2 is 1.92 bits per heavy atom. The predicted octanol–water partition coefficient (Wildman–Crippen LogP) is 4.05. The molecule has 3 nitrogen and oxygen atoms in total. The molecule has 2 unspecified atom stereocenters. The molecule has 132 valence electrons. The summed E-state index contributed by atoms with van der Waals surface area (Å²) in [7, 11) is 0. The summed E-state index contributed by atoms with van der Waals surface area (Å²) in [6, 6.07) is 3.15.